The molecule has 0 spiro atoms. The van der Waals surface area contributed by atoms with Crippen LogP contribution >= 0.6 is 11.8 Å². The number of imidazole rings is 2. The number of fused-ring (bicyclic) bond motifs is 1. The first-order chi connectivity index (χ1) is 13.0. The molecule has 0 radical (unpaired) electrons. The molecular formula is C18H25N5O2S2. The molecule has 1 aromatic carbocycles. The van der Waals surface area contributed by atoms with E-state index in [2.05, 4.69) is 26.4 Å². The van der Waals surface area contributed by atoms with Gasteiger partial charge in [0.2, 0.25) is 10.0 Å². The summed E-state index contributed by atoms with van der Waals surface area (Å²) in [5, 5.41) is 0.960. The quantitative estimate of drug-likeness (QED) is 0.549. The molecule has 0 aliphatic rings. The lowest BCUT2D eigenvalue weighted by Gasteiger charge is -2.18. The molecule has 3 rings (SSSR count). The zero-order chi connectivity index (χ0) is 19.4. The van der Waals surface area contributed by atoms with Crippen LogP contribution in [0.3, 0.4) is 0 Å². The third kappa shape index (κ3) is 4.20. The molecule has 0 fully saturated rings. The monoisotopic (exact) mass is 407 g/mol. The normalized spacial score (nSPS) is 12.3. The van der Waals surface area contributed by atoms with Crippen LogP contribution in [0.1, 0.15) is 33.0 Å². The van der Waals surface area contributed by atoms with Gasteiger partial charge >= 0.3 is 0 Å². The van der Waals surface area contributed by atoms with E-state index < -0.39 is 10.0 Å². The van der Waals surface area contributed by atoms with Crippen molar-refractivity contribution in [2.45, 2.75) is 49.5 Å². The summed E-state index contributed by atoms with van der Waals surface area (Å²) < 4.78 is 29.0. The first-order valence-electron chi connectivity index (χ1n) is 9.12. The molecule has 0 unspecified atom stereocenters. The van der Waals surface area contributed by atoms with Crippen LogP contribution in [0.25, 0.3) is 11.0 Å². The van der Waals surface area contributed by atoms with Crippen molar-refractivity contribution in [3.05, 3.63) is 36.4 Å². The minimum absolute atomic E-state index is 0.292. The summed E-state index contributed by atoms with van der Waals surface area (Å²) in [6.45, 7) is 7.66. The molecule has 27 heavy (non-hydrogen) atoms. The molecule has 2 aromatic heterocycles. The van der Waals surface area contributed by atoms with E-state index in [4.69, 9.17) is 0 Å². The second-order valence-corrected chi connectivity index (χ2v) is 9.02. The van der Waals surface area contributed by atoms with Gasteiger partial charge in [-0.05, 0) is 24.6 Å². The van der Waals surface area contributed by atoms with Gasteiger partial charge in [-0.1, -0.05) is 32.5 Å². The molecule has 9 heteroatoms. The van der Waals surface area contributed by atoms with Gasteiger partial charge in [-0.3, -0.25) is 0 Å². The van der Waals surface area contributed by atoms with E-state index in [9.17, 15) is 8.42 Å². The maximum absolute atomic E-state index is 12.7. The highest BCUT2D eigenvalue weighted by molar-refractivity contribution is 7.98. The Morgan fingerprint density at radius 1 is 1.22 bits per heavy atom. The van der Waals surface area contributed by atoms with E-state index in [1.165, 1.54) is 4.31 Å². The average Bonchev–Trinajstić information content (AvgIpc) is 3.26. The summed E-state index contributed by atoms with van der Waals surface area (Å²) >= 11 is 1.62. The van der Waals surface area contributed by atoms with E-state index >= 15 is 0 Å². The van der Waals surface area contributed by atoms with Crippen LogP contribution in [0, 0.1) is 0 Å². The Labute approximate surface area is 164 Å². The largest absolute Gasteiger partial charge is 0.341 e. The molecule has 0 bridgehead atoms. The highest BCUT2D eigenvalue weighted by atomic mass is 32.2. The maximum Gasteiger partial charge on any atom is 0.243 e. The fraction of sp³-hybridized carbons (Fsp3) is 0.444. The number of H-pyrrole nitrogens is 1. The van der Waals surface area contributed by atoms with Crippen LogP contribution in [0.4, 0.5) is 0 Å². The average molecular weight is 408 g/mol. The van der Waals surface area contributed by atoms with Crippen LogP contribution in [0.2, 0.25) is 0 Å². The van der Waals surface area contributed by atoms with Crippen LogP contribution in [-0.4, -0.2) is 45.3 Å². The Kier molecular flexibility index (Phi) is 6.23. The fourth-order valence-electron chi connectivity index (χ4n) is 2.96. The summed E-state index contributed by atoms with van der Waals surface area (Å²) in [6, 6.07) is 5.05. The van der Waals surface area contributed by atoms with Gasteiger partial charge in [0.05, 0.1) is 21.7 Å². The second kappa shape index (κ2) is 8.45. The molecule has 0 aliphatic heterocycles. The number of thioether (sulfide) groups is 1. The number of aromatic nitrogens is 4. The van der Waals surface area contributed by atoms with Crippen LogP contribution in [0.5, 0.6) is 0 Å². The van der Waals surface area contributed by atoms with E-state index in [0.717, 1.165) is 35.0 Å². The molecule has 0 atom stereocenters. The third-order valence-corrected chi connectivity index (χ3v) is 7.39. The first kappa shape index (κ1) is 19.9. The summed E-state index contributed by atoms with van der Waals surface area (Å²) in [5.74, 6) is 1.45. The fourth-order valence-corrected chi connectivity index (χ4v) is 5.30. The van der Waals surface area contributed by atoms with Crippen molar-refractivity contribution >= 4 is 32.8 Å². The number of hydrogen-bond donors (Lipinski definition) is 1. The SMILES string of the molecule is CCCn1ccnc1SCc1nc2ccc(S(=O)(=O)N(CC)CC)cc2[nH]1. The number of nitrogens with one attached hydrogen (secondary N) is 1. The van der Waals surface area contributed by atoms with Crippen LogP contribution in [0.15, 0.2) is 40.6 Å². The van der Waals surface area contributed by atoms with Crippen molar-refractivity contribution in [3.63, 3.8) is 0 Å². The number of rotatable bonds is 9. The van der Waals surface area contributed by atoms with Crippen molar-refractivity contribution in [1.82, 2.24) is 23.8 Å². The molecule has 0 amide bonds. The smallest absolute Gasteiger partial charge is 0.243 e. The standard InChI is InChI=1S/C18H25N5O2S2/c1-4-10-22-11-9-19-18(22)26-13-17-20-15-8-7-14(12-16(15)21-17)27(24,25)23(5-2)6-3/h7-9,11-12H,4-6,10,13H2,1-3H3,(H,20,21). The second-order valence-electron chi connectivity index (χ2n) is 6.14. The summed E-state index contributed by atoms with van der Waals surface area (Å²) in [6.07, 6.45) is 4.84. The van der Waals surface area contributed by atoms with Gasteiger partial charge in [-0.25, -0.2) is 18.4 Å². The topological polar surface area (TPSA) is 83.9 Å². The lowest BCUT2D eigenvalue weighted by molar-refractivity contribution is 0.445. The zero-order valence-corrected chi connectivity index (χ0v) is 17.5. The molecule has 2 heterocycles. The van der Waals surface area contributed by atoms with E-state index in [0.29, 0.717) is 23.7 Å². The zero-order valence-electron chi connectivity index (χ0n) is 15.8. The van der Waals surface area contributed by atoms with Gasteiger partial charge in [0.25, 0.3) is 0 Å². The first-order valence-corrected chi connectivity index (χ1v) is 11.5. The lowest BCUT2D eigenvalue weighted by Crippen LogP contribution is -2.30. The highest BCUT2D eigenvalue weighted by Gasteiger charge is 2.22. The number of nitrogens with zero attached hydrogens (tertiary/aromatic N) is 4. The molecule has 3 aromatic rings. The molecule has 0 saturated heterocycles. The molecule has 0 aliphatic carbocycles. The van der Waals surface area contributed by atoms with Crippen molar-refractivity contribution < 1.29 is 8.42 Å². The number of aryl methyl sites for hydroxylation is 1. The van der Waals surface area contributed by atoms with Crippen molar-refractivity contribution in [2.24, 2.45) is 0 Å². The Hall–Kier alpha value is -1.84. The summed E-state index contributed by atoms with van der Waals surface area (Å²) in [7, 11) is -3.48. The molecule has 1 N–H and O–H groups in total. The van der Waals surface area contributed by atoms with Crippen molar-refractivity contribution in [1.29, 1.82) is 0 Å². The van der Waals surface area contributed by atoms with Crippen LogP contribution in [-0.2, 0) is 22.3 Å². The lowest BCUT2D eigenvalue weighted by atomic mass is 10.3. The van der Waals surface area contributed by atoms with Gasteiger partial charge in [0.1, 0.15) is 5.82 Å². The van der Waals surface area contributed by atoms with Gasteiger partial charge in [-0.15, -0.1) is 0 Å². The van der Waals surface area contributed by atoms with Gasteiger partial charge in [0.15, 0.2) is 5.16 Å². The Bertz CT molecular complexity index is 1010. The van der Waals surface area contributed by atoms with Crippen LogP contribution < -0.4 is 0 Å². The molecule has 7 nitrogen and oxygen atoms in total. The molecular weight excluding hydrogens is 382 g/mol. The number of sulfonamides is 1. The van der Waals surface area contributed by atoms with Gasteiger partial charge < -0.3 is 9.55 Å². The van der Waals surface area contributed by atoms with Crippen molar-refractivity contribution in [3.8, 4) is 0 Å². The minimum Gasteiger partial charge on any atom is -0.341 e. The van der Waals surface area contributed by atoms with E-state index in [1.807, 2.05) is 20.0 Å². The van der Waals surface area contributed by atoms with E-state index in [1.54, 1.807) is 36.2 Å². The molecule has 0 saturated carbocycles. The Balaban J connectivity index is 1.81. The third-order valence-electron chi connectivity index (χ3n) is 4.33. The Morgan fingerprint density at radius 2 is 2.00 bits per heavy atom. The van der Waals surface area contributed by atoms with Crippen molar-refractivity contribution in [2.75, 3.05) is 13.1 Å². The summed E-state index contributed by atoms with van der Waals surface area (Å²) in [4.78, 5) is 12.5. The highest BCUT2D eigenvalue weighted by Crippen LogP contribution is 2.24. The predicted molar refractivity (Wildman–Crippen MR) is 108 cm³/mol. The van der Waals surface area contributed by atoms with E-state index in [-0.39, 0.29) is 0 Å². The van der Waals surface area contributed by atoms with Gasteiger partial charge in [0, 0.05) is 32.0 Å². The Morgan fingerprint density at radius 3 is 2.70 bits per heavy atom. The maximum atomic E-state index is 12.7. The molecule has 146 valence electrons. The summed E-state index contributed by atoms with van der Waals surface area (Å²) in [5.41, 5.74) is 1.50. The number of hydrogen-bond acceptors (Lipinski definition) is 5. The van der Waals surface area contributed by atoms with Gasteiger partial charge in [-0.2, -0.15) is 4.31 Å². The predicted octanol–water partition coefficient (Wildman–Crippen LogP) is 3.49. The number of benzene rings is 1. The minimum atomic E-state index is -3.48. The number of aromatic amines is 1.